The second kappa shape index (κ2) is 9.25. The molecule has 0 aliphatic carbocycles. The number of likely N-dealkylation sites (tertiary alicyclic amines) is 1. The first kappa shape index (κ1) is 20.5. The third kappa shape index (κ3) is 6.80. The van der Waals surface area contributed by atoms with Crippen LogP contribution >= 0.6 is 0 Å². The summed E-state index contributed by atoms with van der Waals surface area (Å²) in [7, 11) is 0. The molecule has 0 spiro atoms. The lowest BCUT2D eigenvalue weighted by Crippen LogP contribution is -2.36. The quantitative estimate of drug-likeness (QED) is 0.552. The molecule has 1 aliphatic heterocycles. The summed E-state index contributed by atoms with van der Waals surface area (Å²) in [6, 6.07) is 5.77. The fourth-order valence-corrected chi connectivity index (χ4v) is 2.87. The highest BCUT2D eigenvalue weighted by Gasteiger charge is 2.31. The summed E-state index contributed by atoms with van der Waals surface area (Å²) < 4.78 is 40.6. The lowest BCUT2D eigenvalue weighted by atomic mass is 9.97. The molecule has 27 heavy (non-hydrogen) atoms. The number of nitrogens with one attached hydrogen (secondary N) is 1. The molecule has 0 unspecified atom stereocenters. The van der Waals surface area contributed by atoms with Crippen LogP contribution in [0.25, 0.3) is 0 Å². The molecule has 1 aromatic carbocycles. The highest BCUT2D eigenvalue weighted by molar-refractivity contribution is 5.75. The van der Waals surface area contributed by atoms with Crippen molar-refractivity contribution in [3.05, 3.63) is 53.8 Å². The highest BCUT2D eigenvalue weighted by Crippen LogP contribution is 2.23. The minimum absolute atomic E-state index is 0.259. The van der Waals surface area contributed by atoms with Gasteiger partial charge >= 0.3 is 12.3 Å². The predicted octanol–water partition coefficient (Wildman–Crippen LogP) is 4.01. The van der Waals surface area contributed by atoms with Gasteiger partial charge in [-0.3, -0.25) is 4.79 Å². The molecule has 0 aromatic heterocycles. The Hall–Kier alpha value is -2.77. The van der Waals surface area contributed by atoms with Crippen LogP contribution in [0.2, 0.25) is 0 Å². The first-order valence-electron chi connectivity index (χ1n) is 8.48. The smallest absolute Gasteiger partial charge is 0.481 e. The van der Waals surface area contributed by atoms with Gasteiger partial charge in [0.25, 0.3) is 0 Å². The molecule has 1 saturated heterocycles. The van der Waals surface area contributed by atoms with Crippen molar-refractivity contribution >= 4 is 12.2 Å². The van der Waals surface area contributed by atoms with E-state index < -0.39 is 12.3 Å². The number of alkyl halides is 3. The largest absolute Gasteiger partial charge is 0.573 e. The number of rotatable bonds is 7. The number of benzene rings is 1. The third-order valence-electron chi connectivity index (χ3n) is 4.25. The van der Waals surface area contributed by atoms with E-state index in [0.29, 0.717) is 43.6 Å². The molecular formula is C19H21F3N2O3. The Morgan fingerprint density at radius 1 is 1.33 bits per heavy atom. The van der Waals surface area contributed by atoms with Crippen molar-refractivity contribution in [3.8, 4) is 5.75 Å². The Balaban J connectivity index is 1.92. The van der Waals surface area contributed by atoms with Crippen LogP contribution in [0.3, 0.4) is 0 Å². The molecule has 0 amide bonds. The van der Waals surface area contributed by atoms with Gasteiger partial charge in [0.1, 0.15) is 5.75 Å². The lowest BCUT2D eigenvalue weighted by molar-refractivity contribution is -0.274. The first-order valence-corrected chi connectivity index (χ1v) is 8.48. The van der Waals surface area contributed by atoms with Gasteiger partial charge in [-0.1, -0.05) is 24.3 Å². The summed E-state index contributed by atoms with van der Waals surface area (Å²) in [5.41, 5.74) is 1.34. The van der Waals surface area contributed by atoms with E-state index in [4.69, 9.17) is 10.5 Å². The van der Waals surface area contributed by atoms with Crippen molar-refractivity contribution in [1.82, 2.24) is 4.90 Å². The van der Waals surface area contributed by atoms with Gasteiger partial charge in [0.05, 0.1) is 11.6 Å². The Morgan fingerprint density at radius 3 is 2.63 bits per heavy atom. The molecule has 8 heteroatoms. The Bertz CT molecular complexity index is 721. The average Bonchev–Trinajstić information content (AvgIpc) is 2.61. The molecule has 2 N–H and O–H groups in total. The number of carboxylic acid groups (broad SMARTS) is 1. The van der Waals surface area contributed by atoms with E-state index in [9.17, 15) is 18.0 Å². The molecule has 146 valence electrons. The van der Waals surface area contributed by atoms with Crippen molar-refractivity contribution in [2.24, 2.45) is 5.92 Å². The van der Waals surface area contributed by atoms with Crippen LogP contribution in [-0.2, 0) is 11.2 Å². The van der Waals surface area contributed by atoms with Gasteiger partial charge in [-0.2, -0.15) is 0 Å². The maximum absolute atomic E-state index is 12.3. The molecule has 0 radical (unpaired) electrons. The van der Waals surface area contributed by atoms with Gasteiger partial charge in [-0.05, 0) is 43.0 Å². The molecule has 1 aromatic rings. The summed E-state index contributed by atoms with van der Waals surface area (Å²) in [5.74, 6) is -1.38. The third-order valence-corrected chi connectivity index (χ3v) is 4.25. The summed E-state index contributed by atoms with van der Waals surface area (Å²) in [5, 5.41) is 16.6. The molecule has 1 heterocycles. The second-order valence-electron chi connectivity index (χ2n) is 6.16. The fourth-order valence-electron chi connectivity index (χ4n) is 2.87. The fraction of sp³-hybridized carbons (Fsp3) is 0.368. The number of aliphatic carboxylic acids is 1. The van der Waals surface area contributed by atoms with Crippen molar-refractivity contribution in [2.45, 2.75) is 25.6 Å². The number of ether oxygens (including phenoxy) is 1. The summed E-state index contributed by atoms with van der Waals surface area (Å²) in [6.45, 7) is 1.14. The van der Waals surface area contributed by atoms with Gasteiger partial charge in [0, 0.05) is 19.3 Å². The summed E-state index contributed by atoms with van der Waals surface area (Å²) >= 11 is 0. The minimum Gasteiger partial charge on any atom is -0.481 e. The molecule has 0 saturated carbocycles. The average molecular weight is 382 g/mol. The summed E-state index contributed by atoms with van der Waals surface area (Å²) in [4.78, 5) is 12.9. The van der Waals surface area contributed by atoms with Crippen LogP contribution in [0.4, 0.5) is 13.2 Å². The summed E-state index contributed by atoms with van der Waals surface area (Å²) in [6.07, 6.45) is 3.24. The number of halogens is 3. The number of hydrogen-bond acceptors (Lipinski definition) is 4. The Morgan fingerprint density at radius 2 is 2.04 bits per heavy atom. The highest BCUT2D eigenvalue weighted by atomic mass is 19.4. The van der Waals surface area contributed by atoms with Gasteiger partial charge in [0.2, 0.25) is 0 Å². The molecule has 1 aliphatic rings. The molecule has 5 nitrogen and oxygen atoms in total. The molecule has 1 fully saturated rings. The number of nitrogens with zero attached hydrogens (tertiary/aromatic N) is 1. The van der Waals surface area contributed by atoms with Gasteiger partial charge < -0.3 is 20.2 Å². The van der Waals surface area contributed by atoms with E-state index in [0.717, 1.165) is 0 Å². The van der Waals surface area contributed by atoms with Gasteiger partial charge in [-0.25, -0.2) is 0 Å². The Kier molecular flexibility index (Phi) is 7.04. The van der Waals surface area contributed by atoms with Crippen LogP contribution in [0.1, 0.15) is 18.4 Å². The first-order chi connectivity index (χ1) is 12.8. The monoisotopic (exact) mass is 382 g/mol. The van der Waals surface area contributed by atoms with Gasteiger partial charge in [0.15, 0.2) is 0 Å². The number of allylic oxidation sites excluding steroid dienone is 4. The topological polar surface area (TPSA) is 73.6 Å². The maximum atomic E-state index is 12.3. The minimum atomic E-state index is -4.72. The Labute approximate surface area is 155 Å². The maximum Gasteiger partial charge on any atom is 0.573 e. The zero-order valence-corrected chi connectivity index (χ0v) is 14.6. The van der Waals surface area contributed by atoms with Crippen LogP contribution in [0.15, 0.2) is 48.2 Å². The van der Waals surface area contributed by atoms with E-state index in [-0.39, 0.29) is 11.7 Å². The van der Waals surface area contributed by atoms with E-state index in [1.54, 1.807) is 24.3 Å². The zero-order valence-electron chi connectivity index (χ0n) is 14.6. The van der Waals surface area contributed by atoms with Crippen molar-refractivity contribution in [1.29, 1.82) is 5.41 Å². The normalized spacial score (nSPS) is 16.6. The number of carbonyl (C=O) groups is 1. The lowest BCUT2D eigenvalue weighted by Gasteiger charge is -2.32. The standard InChI is InChI=1S/C19H21F3N2O3/c20-19(21,22)27-17-7-3-5-14(12-17)4-1-2-6-16(13-23)24-10-8-15(9-11-24)18(25)26/h1-3,5-7,12-13,15,23H,4,8-11H2,(H,25,26)/b2-1+,16-6+,23-13?. The number of piperidine rings is 1. The van der Waals surface area contributed by atoms with E-state index in [2.05, 4.69) is 4.74 Å². The molecule has 0 bridgehead atoms. The molecule has 2 rings (SSSR count). The van der Waals surface area contributed by atoms with Crippen molar-refractivity contribution in [2.75, 3.05) is 13.1 Å². The van der Waals surface area contributed by atoms with Crippen molar-refractivity contribution in [3.63, 3.8) is 0 Å². The molecular weight excluding hydrogens is 361 g/mol. The zero-order chi connectivity index (χ0) is 19.9. The van der Waals surface area contributed by atoms with Crippen LogP contribution in [0.5, 0.6) is 5.75 Å². The number of hydrogen-bond donors (Lipinski definition) is 2. The van der Waals surface area contributed by atoms with Gasteiger partial charge in [-0.15, -0.1) is 13.2 Å². The van der Waals surface area contributed by atoms with Crippen LogP contribution < -0.4 is 4.74 Å². The van der Waals surface area contributed by atoms with E-state index in [1.807, 2.05) is 4.90 Å². The van der Waals surface area contributed by atoms with E-state index >= 15 is 0 Å². The van der Waals surface area contributed by atoms with Crippen LogP contribution in [0, 0.1) is 11.3 Å². The number of carboxylic acids is 1. The molecule has 0 atom stereocenters. The SMILES string of the molecule is N=C/C(=C\C=C\Cc1cccc(OC(F)(F)F)c1)N1CCC(C(=O)O)CC1. The predicted molar refractivity (Wildman–Crippen MR) is 94.8 cm³/mol. The van der Waals surface area contributed by atoms with Crippen molar-refractivity contribution < 1.29 is 27.8 Å². The van der Waals surface area contributed by atoms with Crippen LogP contribution in [-0.4, -0.2) is 41.6 Å². The van der Waals surface area contributed by atoms with E-state index in [1.165, 1.54) is 24.4 Å². The second-order valence-corrected chi connectivity index (χ2v) is 6.16.